The van der Waals surface area contributed by atoms with Crippen molar-refractivity contribution in [1.82, 2.24) is 0 Å². The summed E-state index contributed by atoms with van der Waals surface area (Å²) in [5.74, 6) is -1.85. The second-order valence-corrected chi connectivity index (χ2v) is 4.96. The van der Waals surface area contributed by atoms with Gasteiger partial charge >= 0.3 is 0 Å². The highest BCUT2D eigenvalue weighted by Crippen LogP contribution is 2.37. The molecule has 1 aliphatic rings. The molecule has 5 heteroatoms. The van der Waals surface area contributed by atoms with E-state index in [4.69, 9.17) is 0 Å². The summed E-state index contributed by atoms with van der Waals surface area (Å²) in [5.41, 5.74) is 1.37. The van der Waals surface area contributed by atoms with Crippen LogP contribution in [0.1, 0.15) is 23.7 Å². The van der Waals surface area contributed by atoms with Crippen molar-refractivity contribution in [2.75, 3.05) is 11.4 Å². The van der Waals surface area contributed by atoms with E-state index < -0.39 is 17.5 Å². The molecule has 1 heterocycles. The zero-order valence-electron chi connectivity index (χ0n) is 9.80. The first-order valence-electron chi connectivity index (χ1n) is 5.47. The molecule has 94 valence electrons. The Morgan fingerprint density at radius 1 is 1.44 bits per heavy atom. The van der Waals surface area contributed by atoms with Crippen molar-refractivity contribution in [1.29, 1.82) is 0 Å². The Kier molecular flexibility index (Phi) is 3.34. The van der Waals surface area contributed by atoms with Crippen LogP contribution in [0.25, 0.3) is 0 Å². The van der Waals surface area contributed by atoms with E-state index in [1.165, 1.54) is 11.0 Å². The minimum atomic E-state index is -0.672. The van der Waals surface area contributed by atoms with Crippen LogP contribution in [0.2, 0.25) is 0 Å². The number of hydrogen-bond acceptors (Lipinski definition) is 2. The van der Waals surface area contributed by atoms with Gasteiger partial charge in [-0.15, -0.1) is 0 Å². The summed E-state index contributed by atoms with van der Waals surface area (Å²) >= 11 is 3.19. The molecule has 0 saturated carbocycles. The monoisotopic (exact) mass is 311 g/mol. The number of anilines is 1. The summed E-state index contributed by atoms with van der Waals surface area (Å²) < 4.78 is 13.7. The molecule has 2 rings (SSSR count). The molecule has 1 aromatic rings. The number of halogens is 2. The normalized spacial score (nSPS) is 14.1. The average Bonchev–Trinajstić information content (AvgIpc) is 2.54. The first kappa shape index (κ1) is 13.0. The van der Waals surface area contributed by atoms with Crippen molar-refractivity contribution in [2.45, 2.75) is 13.3 Å². The maximum absolute atomic E-state index is 13.2. The number of Topliss-reactive ketones (excluding diaryl/α,β-unsaturated/α-hetero) is 1. The van der Waals surface area contributed by atoms with E-state index in [0.717, 1.165) is 11.6 Å². The van der Waals surface area contributed by atoms with Crippen LogP contribution in [0.15, 0.2) is 28.8 Å². The number of fused-ring (bicyclic) bond motifs is 1. The molecule has 1 aliphatic heterocycles. The lowest BCUT2D eigenvalue weighted by Crippen LogP contribution is -2.31. The molecule has 0 aliphatic carbocycles. The van der Waals surface area contributed by atoms with Gasteiger partial charge in [-0.2, -0.15) is 0 Å². The zero-order valence-corrected chi connectivity index (χ0v) is 11.4. The second-order valence-electron chi connectivity index (χ2n) is 4.11. The molecule has 0 bridgehead atoms. The quantitative estimate of drug-likeness (QED) is 0.635. The second kappa shape index (κ2) is 4.65. The van der Waals surface area contributed by atoms with Crippen molar-refractivity contribution in [2.24, 2.45) is 0 Å². The highest BCUT2D eigenvalue weighted by Gasteiger charge is 2.37. The fourth-order valence-electron chi connectivity index (χ4n) is 1.84. The Morgan fingerprint density at radius 2 is 2.11 bits per heavy atom. The molecule has 0 aromatic heterocycles. The van der Waals surface area contributed by atoms with Crippen molar-refractivity contribution in [3.8, 4) is 0 Å². The Balaban J connectivity index is 2.51. The van der Waals surface area contributed by atoms with Crippen LogP contribution in [0.3, 0.4) is 0 Å². The van der Waals surface area contributed by atoms with E-state index in [0.29, 0.717) is 16.6 Å². The van der Waals surface area contributed by atoms with E-state index in [2.05, 4.69) is 22.5 Å². The third-order valence-electron chi connectivity index (χ3n) is 2.86. The molecule has 1 amide bonds. The van der Waals surface area contributed by atoms with Gasteiger partial charge in [0.25, 0.3) is 11.7 Å². The van der Waals surface area contributed by atoms with Gasteiger partial charge in [-0.3, -0.25) is 14.5 Å². The lowest BCUT2D eigenvalue weighted by Gasteiger charge is -2.18. The maximum atomic E-state index is 13.2. The zero-order chi connectivity index (χ0) is 13.4. The third-order valence-corrected chi connectivity index (χ3v) is 3.47. The van der Waals surface area contributed by atoms with Gasteiger partial charge < -0.3 is 0 Å². The van der Waals surface area contributed by atoms with Crippen LogP contribution in [-0.4, -0.2) is 18.2 Å². The highest BCUT2D eigenvalue weighted by atomic mass is 79.9. The topological polar surface area (TPSA) is 37.4 Å². The highest BCUT2D eigenvalue weighted by molar-refractivity contribution is 9.10. The summed E-state index contributed by atoms with van der Waals surface area (Å²) in [6, 6.07) is 2.33. The SMILES string of the molecule is C=C(CC)CN1C(=O)C(=O)c2cc(F)cc(Br)c21. The number of carbonyl (C=O) groups is 2. The van der Waals surface area contributed by atoms with Gasteiger partial charge in [0.05, 0.1) is 11.3 Å². The fourth-order valence-corrected chi connectivity index (χ4v) is 2.49. The number of carbonyl (C=O) groups excluding carboxylic acids is 2. The van der Waals surface area contributed by atoms with E-state index in [1.807, 2.05) is 6.92 Å². The van der Waals surface area contributed by atoms with Crippen molar-refractivity contribution >= 4 is 33.3 Å². The predicted molar refractivity (Wildman–Crippen MR) is 70.2 cm³/mol. The minimum absolute atomic E-state index is 0.107. The lowest BCUT2D eigenvalue weighted by molar-refractivity contribution is -0.114. The van der Waals surface area contributed by atoms with Crippen LogP contribution in [0.5, 0.6) is 0 Å². The van der Waals surface area contributed by atoms with E-state index in [-0.39, 0.29) is 12.1 Å². The van der Waals surface area contributed by atoms with Gasteiger partial charge in [-0.05, 0) is 34.5 Å². The number of nitrogens with zero attached hydrogens (tertiary/aromatic N) is 1. The summed E-state index contributed by atoms with van der Waals surface area (Å²) in [5, 5.41) is 0. The summed E-state index contributed by atoms with van der Waals surface area (Å²) in [4.78, 5) is 25.0. The van der Waals surface area contributed by atoms with E-state index in [9.17, 15) is 14.0 Å². The molecular formula is C13H11BrFNO2. The van der Waals surface area contributed by atoms with Gasteiger partial charge in [-0.1, -0.05) is 19.1 Å². The van der Waals surface area contributed by atoms with Crippen LogP contribution in [-0.2, 0) is 4.79 Å². The summed E-state index contributed by atoms with van der Waals surface area (Å²) in [6.45, 7) is 6.02. The molecule has 1 aromatic carbocycles. The minimum Gasteiger partial charge on any atom is -0.300 e. The molecule has 3 nitrogen and oxygen atoms in total. The van der Waals surface area contributed by atoms with Gasteiger partial charge in [-0.25, -0.2) is 4.39 Å². The number of amides is 1. The Morgan fingerprint density at radius 3 is 2.72 bits per heavy atom. The Hall–Kier alpha value is -1.49. The first-order chi connectivity index (χ1) is 8.45. The van der Waals surface area contributed by atoms with Crippen molar-refractivity contribution in [3.05, 3.63) is 40.1 Å². The molecule has 0 unspecified atom stereocenters. The molecule has 0 N–H and O–H groups in total. The first-order valence-corrected chi connectivity index (χ1v) is 6.27. The molecule has 0 spiro atoms. The largest absolute Gasteiger partial charge is 0.300 e. The van der Waals surface area contributed by atoms with Crippen molar-refractivity contribution < 1.29 is 14.0 Å². The summed E-state index contributed by atoms with van der Waals surface area (Å²) in [6.07, 6.45) is 0.714. The molecule has 0 fully saturated rings. The third kappa shape index (κ3) is 1.99. The Bertz CT molecular complexity index is 568. The molecule has 0 radical (unpaired) electrons. The van der Waals surface area contributed by atoms with Crippen molar-refractivity contribution in [3.63, 3.8) is 0 Å². The smallest absolute Gasteiger partial charge is 0.299 e. The molecule has 0 saturated heterocycles. The number of benzene rings is 1. The van der Waals surface area contributed by atoms with E-state index in [1.54, 1.807) is 0 Å². The van der Waals surface area contributed by atoms with E-state index >= 15 is 0 Å². The molecule has 0 atom stereocenters. The molecule has 18 heavy (non-hydrogen) atoms. The molecular weight excluding hydrogens is 301 g/mol. The van der Waals surface area contributed by atoms with Gasteiger partial charge in [0.2, 0.25) is 0 Å². The average molecular weight is 312 g/mol. The van der Waals surface area contributed by atoms with Crippen LogP contribution < -0.4 is 4.90 Å². The van der Waals surface area contributed by atoms with Gasteiger partial charge in [0.15, 0.2) is 0 Å². The van der Waals surface area contributed by atoms with Gasteiger partial charge in [0, 0.05) is 11.0 Å². The Labute approximate surface area is 112 Å². The van der Waals surface area contributed by atoms with Crippen LogP contribution >= 0.6 is 15.9 Å². The maximum Gasteiger partial charge on any atom is 0.299 e. The van der Waals surface area contributed by atoms with Crippen LogP contribution in [0, 0.1) is 5.82 Å². The number of rotatable bonds is 3. The predicted octanol–water partition coefficient (Wildman–Crippen LogP) is 3.08. The fraction of sp³-hybridized carbons (Fsp3) is 0.231. The van der Waals surface area contributed by atoms with Crippen LogP contribution in [0.4, 0.5) is 10.1 Å². The summed E-state index contributed by atoms with van der Waals surface area (Å²) in [7, 11) is 0. The van der Waals surface area contributed by atoms with Gasteiger partial charge in [0.1, 0.15) is 5.82 Å². The number of hydrogen-bond donors (Lipinski definition) is 0. The lowest BCUT2D eigenvalue weighted by atomic mass is 10.1. The standard InChI is InChI=1S/C13H11BrFNO2/c1-3-7(2)6-16-11-9(12(17)13(16)18)4-8(15)5-10(11)14/h4-5H,2-3,6H2,1H3. The number of ketones is 1.